The fourth-order valence-electron chi connectivity index (χ4n) is 4.51. The Kier molecular flexibility index (Phi) is 5.67. The van der Waals surface area contributed by atoms with Crippen LogP contribution in [-0.2, 0) is 27.9 Å². The molecule has 0 bridgehead atoms. The van der Waals surface area contributed by atoms with Crippen molar-refractivity contribution in [3.63, 3.8) is 0 Å². The van der Waals surface area contributed by atoms with Gasteiger partial charge in [0, 0.05) is 37.3 Å². The van der Waals surface area contributed by atoms with Gasteiger partial charge in [-0.3, -0.25) is 14.3 Å². The molecule has 2 aliphatic rings. The van der Waals surface area contributed by atoms with Crippen LogP contribution in [0.25, 0.3) is 0 Å². The highest BCUT2D eigenvalue weighted by Crippen LogP contribution is 2.49. The van der Waals surface area contributed by atoms with Crippen LogP contribution in [0.3, 0.4) is 0 Å². The molecule has 4 atom stereocenters. The lowest BCUT2D eigenvalue weighted by atomic mass is 10.1. The fourth-order valence-corrected chi connectivity index (χ4v) is 4.51. The van der Waals surface area contributed by atoms with Crippen LogP contribution in [0.5, 0.6) is 0 Å². The molecule has 2 aliphatic carbocycles. The summed E-state index contributed by atoms with van der Waals surface area (Å²) in [5.74, 6) is 0.528. The summed E-state index contributed by atoms with van der Waals surface area (Å²) in [6, 6.07) is 10.3. The highest BCUT2D eigenvalue weighted by Gasteiger charge is 2.49. The maximum Gasteiger partial charge on any atom is 0.309 e. The van der Waals surface area contributed by atoms with Crippen molar-refractivity contribution in [1.29, 1.82) is 0 Å². The van der Waals surface area contributed by atoms with E-state index in [1.807, 2.05) is 55.6 Å². The first-order valence-electron chi connectivity index (χ1n) is 10.9. The van der Waals surface area contributed by atoms with Gasteiger partial charge in [0.25, 0.3) is 0 Å². The number of carbonyl (C=O) groups excluding carboxylic acids is 2. The van der Waals surface area contributed by atoms with E-state index in [9.17, 15) is 9.59 Å². The molecule has 6 heteroatoms. The van der Waals surface area contributed by atoms with Gasteiger partial charge in [-0.05, 0) is 51.0 Å². The van der Waals surface area contributed by atoms with Crippen LogP contribution in [0.15, 0.2) is 30.3 Å². The number of amides is 1. The fraction of sp³-hybridized carbons (Fsp3) is 0.542. The Hall–Kier alpha value is -2.63. The van der Waals surface area contributed by atoms with Crippen molar-refractivity contribution in [3.05, 3.63) is 52.8 Å². The zero-order valence-electron chi connectivity index (χ0n) is 18.3. The van der Waals surface area contributed by atoms with E-state index >= 15 is 0 Å². The molecule has 0 radical (unpaired) electrons. The van der Waals surface area contributed by atoms with Gasteiger partial charge in [0.05, 0.1) is 18.2 Å². The molecule has 160 valence electrons. The molecular weight excluding hydrogens is 378 g/mol. The summed E-state index contributed by atoms with van der Waals surface area (Å²) >= 11 is 0. The number of ether oxygens (including phenoxy) is 1. The molecule has 0 saturated heterocycles. The lowest BCUT2D eigenvalue weighted by Gasteiger charge is -2.24. The molecule has 0 spiro atoms. The summed E-state index contributed by atoms with van der Waals surface area (Å²) in [6.07, 6.45) is 1.71. The number of esters is 1. The minimum Gasteiger partial charge on any atom is -0.466 e. The van der Waals surface area contributed by atoms with E-state index in [1.165, 1.54) is 5.56 Å². The van der Waals surface area contributed by atoms with Gasteiger partial charge in [-0.15, -0.1) is 0 Å². The quantitative estimate of drug-likeness (QED) is 0.627. The smallest absolute Gasteiger partial charge is 0.309 e. The SMILES string of the molecule is CCOC(=O)[C@@H]1C[C@H]1CN(Cc1c(C)nn(C)c1C)C(=O)[C@@H]1C[C@H]1c1ccccc1. The Labute approximate surface area is 178 Å². The highest BCUT2D eigenvalue weighted by molar-refractivity contribution is 5.83. The Morgan fingerprint density at radius 1 is 1.17 bits per heavy atom. The molecule has 30 heavy (non-hydrogen) atoms. The van der Waals surface area contributed by atoms with E-state index in [2.05, 4.69) is 17.2 Å². The molecule has 6 nitrogen and oxygen atoms in total. The van der Waals surface area contributed by atoms with Gasteiger partial charge < -0.3 is 9.64 Å². The normalized spacial score (nSPS) is 24.4. The van der Waals surface area contributed by atoms with E-state index in [0.29, 0.717) is 25.6 Å². The third kappa shape index (κ3) is 4.13. The third-order valence-electron chi connectivity index (χ3n) is 6.62. The zero-order chi connectivity index (χ0) is 21.4. The first-order valence-corrected chi connectivity index (χ1v) is 10.9. The number of hydrogen-bond donors (Lipinski definition) is 0. The number of rotatable bonds is 8. The standard InChI is InChI=1S/C24H31N3O3/c1-5-30-24(29)20-11-18(20)13-27(14-22-15(2)25-26(4)16(22)3)23(28)21-12-19(21)17-9-7-6-8-10-17/h6-10,18-21H,5,11-14H2,1-4H3/t18-,19-,20+,21+/m0/s1. The third-order valence-corrected chi connectivity index (χ3v) is 6.62. The number of nitrogens with zero attached hydrogens (tertiary/aromatic N) is 3. The Morgan fingerprint density at radius 3 is 2.53 bits per heavy atom. The number of hydrogen-bond acceptors (Lipinski definition) is 4. The van der Waals surface area contributed by atoms with Gasteiger partial charge in [0.15, 0.2) is 0 Å². The molecule has 1 aromatic heterocycles. The molecule has 1 amide bonds. The molecule has 0 N–H and O–H groups in total. The summed E-state index contributed by atoms with van der Waals surface area (Å²) in [7, 11) is 1.93. The molecule has 0 unspecified atom stereocenters. The minimum absolute atomic E-state index is 0.0319. The summed E-state index contributed by atoms with van der Waals surface area (Å²) in [6.45, 7) is 7.42. The predicted molar refractivity (Wildman–Crippen MR) is 114 cm³/mol. The number of benzene rings is 1. The lowest BCUT2D eigenvalue weighted by Crippen LogP contribution is -2.35. The van der Waals surface area contributed by atoms with E-state index in [1.54, 1.807) is 0 Å². The maximum absolute atomic E-state index is 13.5. The Morgan fingerprint density at radius 2 is 1.90 bits per heavy atom. The Balaban J connectivity index is 1.49. The monoisotopic (exact) mass is 409 g/mol. The van der Waals surface area contributed by atoms with Crippen molar-refractivity contribution in [2.45, 2.75) is 46.1 Å². The molecule has 0 aliphatic heterocycles. The summed E-state index contributed by atoms with van der Waals surface area (Å²) in [5, 5.41) is 4.51. The first-order chi connectivity index (χ1) is 14.4. The van der Waals surface area contributed by atoms with E-state index < -0.39 is 0 Å². The minimum atomic E-state index is -0.128. The van der Waals surface area contributed by atoms with Gasteiger partial charge >= 0.3 is 5.97 Å². The van der Waals surface area contributed by atoms with Crippen molar-refractivity contribution >= 4 is 11.9 Å². The molecule has 2 aromatic rings. The average Bonchev–Trinajstić information content (AvgIpc) is 3.64. The van der Waals surface area contributed by atoms with E-state index in [-0.39, 0.29) is 29.6 Å². The lowest BCUT2D eigenvalue weighted by molar-refractivity contribution is -0.145. The summed E-state index contributed by atoms with van der Waals surface area (Å²) < 4.78 is 7.05. The zero-order valence-corrected chi connectivity index (χ0v) is 18.3. The molecule has 1 heterocycles. The summed E-state index contributed by atoms with van der Waals surface area (Å²) in [5.41, 5.74) is 4.39. The molecular formula is C24H31N3O3. The van der Waals surface area contributed by atoms with Crippen LogP contribution in [0, 0.1) is 31.6 Å². The van der Waals surface area contributed by atoms with Gasteiger partial charge in [-0.2, -0.15) is 5.10 Å². The van der Waals surface area contributed by atoms with Gasteiger partial charge in [-0.25, -0.2) is 0 Å². The second-order valence-electron chi connectivity index (χ2n) is 8.71. The van der Waals surface area contributed by atoms with Crippen molar-refractivity contribution in [2.75, 3.05) is 13.2 Å². The van der Waals surface area contributed by atoms with Crippen LogP contribution in [0.1, 0.15) is 48.2 Å². The Bertz CT molecular complexity index is 937. The highest BCUT2D eigenvalue weighted by atomic mass is 16.5. The number of aromatic nitrogens is 2. The predicted octanol–water partition coefficient (Wildman–Crippen LogP) is 3.37. The number of carbonyl (C=O) groups is 2. The van der Waals surface area contributed by atoms with Crippen molar-refractivity contribution in [2.24, 2.45) is 24.8 Å². The van der Waals surface area contributed by atoms with Gasteiger partial charge in [0.1, 0.15) is 0 Å². The largest absolute Gasteiger partial charge is 0.466 e. The number of aryl methyl sites for hydroxylation is 2. The van der Waals surface area contributed by atoms with Crippen molar-refractivity contribution in [3.8, 4) is 0 Å². The first kappa shape index (κ1) is 20.6. The summed E-state index contributed by atoms with van der Waals surface area (Å²) in [4.78, 5) is 27.5. The van der Waals surface area contributed by atoms with Crippen LogP contribution in [-0.4, -0.2) is 39.7 Å². The molecule has 2 saturated carbocycles. The van der Waals surface area contributed by atoms with Crippen LogP contribution < -0.4 is 0 Å². The second kappa shape index (κ2) is 8.25. The van der Waals surface area contributed by atoms with Gasteiger partial charge in [0.2, 0.25) is 5.91 Å². The average molecular weight is 410 g/mol. The topological polar surface area (TPSA) is 64.4 Å². The van der Waals surface area contributed by atoms with E-state index in [0.717, 1.165) is 29.8 Å². The molecule has 1 aromatic carbocycles. The van der Waals surface area contributed by atoms with Crippen LogP contribution in [0.4, 0.5) is 0 Å². The second-order valence-corrected chi connectivity index (χ2v) is 8.71. The molecule has 4 rings (SSSR count). The van der Waals surface area contributed by atoms with Gasteiger partial charge in [-0.1, -0.05) is 30.3 Å². The van der Waals surface area contributed by atoms with Crippen LogP contribution >= 0.6 is 0 Å². The van der Waals surface area contributed by atoms with Crippen LogP contribution in [0.2, 0.25) is 0 Å². The van der Waals surface area contributed by atoms with Crippen molar-refractivity contribution < 1.29 is 14.3 Å². The maximum atomic E-state index is 13.5. The van der Waals surface area contributed by atoms with Crippen molar-refractivity contribution in [1.82, 2.24) is 14.7 Å². The van der Waals surface area contributed by atoms with E-state index in [4.69, 9.17) is 4.74 Å². The molecule has 2 fully saturated rings.